The lowest BCUT2D eigenvalue weighted by Crippen LogP contribution is -2.46. The normalized spacial score (nSPS) is 45.7. The van der Waals surface area contributed by atoms with Gasteiger partial charge in [0.2, 0.25) is 0 Å². The molecule has 0 spiro atoms. The summed E-state index contributed by atoms with van der Waals surface area (Å²) in [4.78, 5) is 12.1. The standard InChI is InChI=1S/C14H21ClO7/c1-12(2)18-6-7(19-12)8-9-10(22-13(3,4)20-9)14(15,21-8)11(16)17-5/h7-10H,6H2,1-5H3/t7-,8-,9+,10+,14+/m1/s1. The maximum Gasteiger partial charge on any atom is 0.357 e. The number of alkyl halides is 1. The maximum atomic E-state index is 12.1. The lowest BCUT2D eigenvalue weighted by molar-refractivity contribution is -0.217. The number of esters is 1. The molecule has 126 valence electrons. The minimum Gasteiger partial charge on any atom is -0.466 e. The summed E-state index contributed by atoms with van der Waals surface area (Å²) in [5, 5.41) is -1.76. The van der Waals surface area contributed by atoms with Gasteiger partial charge in [-0.15, -0.1) is 0 Å². The van der Waals surface area contributed by atoms with Crippen molar-refractivity contribution in [2.75, 3.05) is 13.7 Å². The summed E-state index contributed by atoms with van der Waals surface area (Å²) in [6, 6.07) is 0. The lowest BCUT2D eigenvalue weighted by Gasteiger charge is -2.29. The van der Waals surface area contributed by atoms with Gasteiger partial charge in [0, 0.05) is 0 Å². The summed E-state index contributed by atoms with van der Waals surface area (Å²) in [5.41, 5.74) is 0. The van der Waals surface area contributed by atoms with Crippen LogP contribution in [0.5, 0.6) is 0 Å². The van der Waals surface area contributed by atoms with Crippen LogP contribution in [0.25, 0.3) is 0 Å². The van der Waals surface area contributed by atoms with Crippen LogP contribution < -0.4 is 0 Å². The molecule has 3 fully saturated rings. The Morgan fingerprint density at radius 2 is 1.73 bits per heavy atom. The summed E-state index contributed by atoms with van der Waals surface area (Å²) in [6.45, 7) is 7.45. The van der Waals surface area contributed by atoms with Crippen molar-refractivity contribution in [2.45, 2.75) is 68.7 Å². The molecule has 0 bridgehead atoms. The van der Waals surface area contributed by atoms with E-state index in [1.165, 1.54) is 7.11 Å². The Bertz CT molecular complexity index is 480. The second-order valence-electron chi connectivity index (χ2n) is 6.61. The highest BCUT2D eigenvalue weighted by Crippen LogP contribution is 2.48. The van der Waals surface area contributed by atoms with Crippen LogP contribution in [0, 0.1) is 0 Å². The third-order valence-corrected chi connectivity index (χ3v) is 4.45. The molecule has 8 heteroatoms. The second-order valence-corrected chi connectivity index (χ2v) is 7.17. The molecule has 3 rings (SSSR count). The van der Waals surface area contributed by atoms with Crippen molar-refractivity contribution < 1.29 is 33.2 Å². The van der Waals surface area contributed by atoms with Crippen molar-refractivity contribution in [3.63, 3.8) is 0 Å². The van der Waals surface area contributed by atoms with Crippen LogP contribution in [-0.4, -0.2) is 60.7 Å². The zero-order valence-corrected chi connectivity index (χ0v) is 14.0. The lowest BCUT2D eigenvalue weighted by atomic mass is 10.0. The van der Waals surface area contributed by atoms with Gasteiger partial charge in [0.1, 0.15) is 24.4 Å². The Morgan fingerprint density at radius 3 is 2.27 bits per heavy atom. The highest BCUT2D eigenvalue weighted by Gasteiger charge is 2.68. The zero-order chi connectivity index (χ0) is 16.3. The van der Waals surface area contributed by atoms with E-state index >= 15 is 0 Å². The Labute approximate surface area is 134 Å². The number of carbonyl (C=O) groups is 1. The van der Waals surface area contributed by atoms with Crippen LogP contribution in [0.2, 0.25) is 0 Å². The third kappa shape index (κ3) is 2.53. The Hall–Kier alpha value is -0.440. The largest absolute Gasteiger partial charge is 0.466 e. The van der Waals surface area contributed by atoms with Gasteiger partial charge in [0.15, 0.2) is 11.6 Å². The fourth-order valence-electron chi connectivity index (χ4n) is 3.12. The third-order valence-electron chi connectivity index (χ3n) is 3.99. The van der Waals surface area contributed by atoms with Crippen molar-refractivity contribution in [3.8, 4) is 0 Å². The number of fused-ring (bicyclic) bond motifs is 1. The molecule has 3 aliphatic rings. The molecule has 3 saturated heterocycles. The zero-order valence-electron chi connectivity index (χ0n) is 13.3. The summed E-state index contributed by atoms with van der Waals surface area (Å²) in [7, 11) is 1.25. The van der Waals surface area contributed by atoms with Crippen molar-refractivity contribution >= 4 is 17.6 Å². The number of ether oxygens (including phenoxy) is 6. The van der Waals surface area contributed by atoms with E-state index in [9.17, 15) is 4.79 Å². The molecule has 5 atom stereocenters. The number of rotatable bonds is 2. The second kappa shape index (κ2) is 5.03. The molecule has 0 aliphatic carbocycles. The van der Waals surface area contributed by atoms with Crippen LogP contribution in [0.1, 0.15) is 27.7 Å². The van der Waals surface area contributed by atoms with Gasteiger partial charge in [0.25, 0.3) is 5.06 Å². The molecule has 0 aromatic carbocycles. The van der Waals surface area contributed by atoms with Gasteiger partial charge in [-0.3, -0.25) is 0 Å². The first-order chi connectivity index (χ1) is 10.1. The first kappa shape index (κ1) is 16.4. The van der Waals surface area contributed by atoms with Crippen LogP contribution in [-0.2, 0) is 33.2 Å². The first-order valence-electron chi connectivity index (χ1n) is 7.20. The number of carbonyl (C=O) groups excluding carboxylic acids is 1. The Balaban J connectivity index is 1.88. The van der Waals surface area contributed by atoms with Crippen molar-refractivity contribution in [3.05, 3.63) is 0 Å². The van der Waals surface area contributed by atoms with Crippen LogP contribution in [0.15, 0.2) is 0 Å². The highest BCUT2D eigenvalue weighted by molar-refractivity contribution is 6.33. The Kier molecular flexibility index (Phi) is 3.75. The van der Waals surface area contributed by atoms with Crippen molar-refractivity contribution in [1.82, 2.24) is 0 Å². The van der Waals surface area contributed by atoms with E-state index in [0.717, 1.165) is 0 Å². The van der Waals surface area contributed by atoms with Gasteiger partial charge in [0.05, 0.1) is 13.7 Å². The average Bonchev–Trinajstić information content (AvgIpc) is 3.01. The number of methoxy groups -OCH3 is 1. The fraction of sp³-hybridized carbons (Fsp3) is 0.929. The number of hydrogen-bond acceptors (Lipinski definition) is 7. The minimum absolute atomic E-state index is 0.318. The molecule has 0 amide bonds. The molecule has 7 nitrogen and oxygen atoms in total. The quantitative estimate of drug-likeness (QED) is 0.553. The Morgan fingerprint density at radius 1 is 1.05 bits per heavy atom. The number of hydrogen-bond donors (Lipinski definition) is 0. The highest BCUT2D eigenvalue weighted by atomic mass is 35.5. The van der Waals surface area contributed by atoms with E-state index in [-0.39, 0.29) is 0 Å². The minimum atomic E-state index is -1.76. The number of halogens is 1. The molecule has 3 heterocycles. The first-order valence-corrected chi connectivity index (χ1v) is 7.58. The molecule has 0 unspecified atom stereocenters. The van der Waals surface area contributed by atoms with Crippen molar-refractivity contribution in [1.29, 1.82) is 0 Å². The molecule has 22 heavy (non-hydrogen) atoms. The van der Waals surface area contributed by atoms with E-state index in [1.54, 1.807) is 13.8 Å². The molecule has 0 aromatic rings. The molecule has 0 saturated carbocycles. The van der Waals surface area contributed by atoms with Gasteiger partial charge < -0.3 is 28.4 Å². The topological polar surface area (TPSA) is 72.5 Å². The van der Waals surface area contributed by atoms with Crippen LogP contribution in [0.3, 0.4) is 0 Å². The van der Waals surface area contributed by atoms with Gasteiger partial charge in [-0.1, -0.05) is 11.6 Å². The molecule has 0 aromatic heterocycles. The summed E-state index contributed by atoms with van der Waals surface area (Å²) >= 11 is 6.40. The molecule has 3 aliphatic heterocycles. The molecular weight excluding hydrogens is 316 g/mol. The van der Waals surface area contributed by atoms with E-state index in [1.807, 2.05) is 13.8 Å². The van der Waals surface area contributed by atoms with E-state index in [4.69, 9.17) is 40.0 Å². The van der Waals surface area contributed by atoms with E-state index in [0.29, 0.717) is 6.61 Å². The SMILES string of the molecule is COC(=O)[C@@]1(Cl)O[C@H]([C@H]2COC(C)(C)O2)[C@@H]2OC(C)(C)O[C@@H]21. The van der Waals surface area contributed by atoms with E-state index < -0.39 is 47.0 Å². The van der Waals surface area contributed by atoms with Gasteiger partial charge in [-0.2, -0.15) is 0 Å². The summed E-state index contributed by atoms with van der Waals surface area (Å²) < 4.78 is 33.6. The van der Waals surface area contributed by atoms with Crippen LogP contribution >= 0.6 is 11.6 Å². The summed E-state index contributed by atoms with van der Waals surface area (Å²) in [6.07, 6.45) is -2.33. The van der Waals surface area contributed by atoms with Crippen molar-refractivity contribution in [2.24, 2.45) is 0 Å². The molecule has 0 radical (unpaired) electrons. The maximum absolute atomic E-state index is 12.1. The predicted octanol–water partition coefficient (Wildman–Crippen LogP) is 1.16. The smallest absolute Gasteiger partial charge is 0.357 e. The monoisotopic (exact) mass is 336 g/mol. The van der Waals surface area contributed by atoms with Gasteiger partial charge >= 0.3 is 5.97 Å². The molecular formula is C14H21ClO7. The van der Waals surface area contributed by atoms with Gasteiger partial charge in [-0.25, -0.2) is 4.79 Å². The van der Waals surface area contributed by atoms with Gasteiger partial charge in [-0.05, 0) is 27.7 Å². The molecule has 0 N–H and O–H groups in total. The predicted molar refractivity (Wildman–Crippen MR) is 74.2 cm³/mol. The van der Waals surface area contributed by atoms with Crippen LogP contribution in [0.4, 0.5) is 0 Å². The van der Waals surface area contributed by atoms with E-state index in [2.05, 4.69) is 0 Å². The fourth-order valence-corrected chi connectivity index (χ4v) is 3.47. The summed E-state index contributed by atoms with van der Waals surface area (Å²) in [5.74, 6) is -2.31. The average molecular weight is 337 g/mol.